The van der Waals surface area contributed by atoms with Crippen molar-refractivity contribution in [1.82, 2.24) is 9.88 Å². The number of hydrogen-bond donors (Lipinski definition) is 2. The molecule has 186 valence electrons. The highest BCUT2D eigenvalue weighted by Gasteiger charge is 2.40. The average Bonchev–Trinajstić information content (AvgIpc) is 2.97. The number of halogens is 4. The maximum absolute atomic E-state index is 14.1. The van der Waals surface area contributed by atoms with Gasteiger partial charge in [0.15, 0.2) is 23.1 Å². The molecule has 0 saturated carbocycles. The first-order chi connectivity index (χ1) is 17.1. The number of nitrogens with zero attached hydrogens (tertiary/aromatic N) is 2. The smallest absolute Gasteiger partial charge is 0.279 e. The summed E-state index contributed by atoms with van der Waals surface area (Å²) in [4.78, 5) is 39.7. The zero-order valence-corrected chi connectivity index (χ0v) is 18.6. The van der Waals surface area contributed by atoms with Gasteiger partial charge in [-0.25, -0.2) is 17.6 Å². The largest absolute Gasteiger partial charge is 0.503 e. The number of carbonyl (C=O) groups is 2. The number of carbonyl (C=O) groups excluding carboxylic acids is 2. The van der Waals surface area contributed by atoms with E-state index in [1.54, 1.807) is 0 Å². The number of benzene rings is 2. The van der Waals surface area contributed by atoms with E-state index in [-0.39, 0.29) is 24.6 Å². The van der Waals surface area contributed by atoms with Crippen molar-refractivity contribution >= 4 is 17.5 Å². The van der Waals surface area contributed by atoms with E-state index in [1.807, 2.05) is 0 Å². The second kappa shape index (κ2) is 8.40. The number of anilines is 1. The maximum atomic E-state index is 14.1. The van der Waals surface area contributed by atoms with Crippen molar-refractivity contribution in [3.05, 3.63) is 86.3 Å². The number of pyridine rings is 1. The molecule has 1 aromatic heterocycles. The topological polar surface area (TPSA) is 101 Å². The quantitative estimate of drug-likeness (QED) is 0.536. The minimum atomic E-state index is -1.22. The maximum Gasteiger partial charge on any atom is 0.279 e. The molecule has 2 amide bonds. The Morgan fingerprint density at radius 2 is 1.75 bits per heavy atom. The Morgan fingerprint density at radius 3 is 2.44 bits per heavy atom. The van der Waals surface area contributed by atoms with Crippen molar-refractivity contribution in [1.29, 1.82) is 0 Å². The summed E-state index contributed by atoms with van der Waals surface area (Å²) >= 11 is 0. The van der Waals surface area contributed by atoms with E-state index in [4.69, 9.17) is 4.74 Å². The molecule has 2 bridgehead atoms. The number of nitrogens with one attached hydrogen (secondary N) is 1. The van der Waals surface area contributed by atoms with Gasteiger partial charge in [-0.2, -0.15) is 0 Å². The first-order valence-electron chi connectivity index (χ1n) is 10.7. The Morgan fingerprint density at radius 1 is 1.08 bits per heavy atom. The van der Waals surface area contributed by atoms with Crippen LogP contribution < -0.4 is 20.4 Å². The summed E-state index contributed by atoms with van der Waals surface area (Å²) in [6.45, 7) is 0.659. The van der Waals surface area contributed by atoms with Gasteiger partial charge < -0.3 is 24.6 Å². The summed E-state index contributed by atoms with van der Waals surface area (Å²) in [7, 11) is 0. The zero-order chi connectivity index (χ0) is 25.9. The third-order valence-electron chi connectivity index (χ3n) is 6.12. The van der Waals surface area contributed by atoms with Gasteiger partial charge in [-0.15, -0.1) is 0 Å². The highest BCUT2D eigenvalue weighted by Crippen LogP contribution is 2.39. The van der Waals surface area contributed by atoms with Crippen molar-refractivity contribution in [2.45, 2.75) is 19.5 Å². The fraction of sp³-hybridized carbons (Fsp3) is 0.208. The molecule has 0 spiro atoms. The fourth-order valence-electron chi connectivity index (χ4n) is 4.32. The van der Waals surface area contributed by atoms with E-state index < -0.39 is 75.7 Å². The average molecular weight is 503 g/mol. The van der Waals surface area contributed by atoms with Crippen molar-refractivity contribution in [2.75, 3.05) is 18.1 Å². The lowest BCUT2D eigenvalue weighted by Gasteiger charge is -2.33. The van der Waals surface area contributed by atoms with Crippen molar-refractivity contribution in [3.8, 4) is 11.5 Å². The Balaban J connectivity index is 1.51. The Hall–Kier alpha value is -4.35. The SMILES string of the molecule is Cc1cc(F)c(CNC(=O)c2cn3c(c(O)c2=O)C(=O)N2C[C@@H]3COc3cc(F)c(F)cc32)c(F)c1. The van der Waals surface area contributed by atoms with Crippen LogP contribution in [0, 0.1) is 30.2 Å². The minimum absolute atomic E-state index is 0.0801. The van der Waals surface area contributed by atoms with Crippen LogP contribution in [0.15, 0.2) is 35.3 Å². The molecule has 0 unspecified atom stereocenters. The zero-order valence-electron chi connectivity index (χ0n) is 18.6. The molecule has 3 heterocycles. The Labute approximate surface area is 200 Å². The van der Waals surface area contributed by atoms with Crippen molar-refractivity contribution < 1.29 is 37.0 Å². The third-order valence-corrected chi connectivity index (χ3v) is 6.12. The van der Waals surface area contributed by atoms with Crippen LogP contribution in [0.3, 0.4) is 0 Å². The Kier molecular flexibility index (Phi) is 5.46. The molecule has 2 aliphatic rings. The molecule has 2 aromatic carbocycles. The summed E-state index contributed by atoms with van der Waals surface area (Å²) in [6, 6.07) is 2.99. The van der Waals surface area contributed by atoms with Crippen LogP contribution in [-0.2, 0) is 6.54 Å². The third kappa shape index (κ3) is 3.65. The van der Waals surface area contributed by atoms with Crippen LogP contribution in [0.1, 0.15) is 38.0 Å². The van der Waals surface area contributed by atoms with Gasteiger partial charge in [0.1, 0.15) is 29.6 Å². The minimum Gasteiger partial charge on any atom is -0.503 e. The molecular weight excluding hydrogens is 486 g/mol. The molecule has 3 aromatic rings. The molecule has 2 N–H and O–H groups in total. The number of aromatic hydroxyl groups is 1. The molecule has 0 fully saturated rings. The fourth-order valence-corrected chi connectivity index (χ4v) is 4.32. The molecule has 0 saturated heterocycles. The van der Waals surface area contributed by atoms with Crippen LogP contribution in [0.2, 0.25) is 0 Å². The van der Waals surface area contributed by atoms with E-state index in [1.165, 1.54) is 11.5 Å². The lowest BCUT2D eigenvalue weighted by atomic mass is 10.1. The second-order valence-electron chi connectivity index (χ2n) is 8.48. The number of hydrogen-bond acceptors (Lipinski definition) is 5. The van der Waals surface area contributed by atoms with Gasteiger partial charge in [-0.1, -0.05) is 0 Å². The van der Waals surface area contributed by atoms with E-state index in [0.717, 1.165) is 35.4 Å². The molecule has 36 heavy (non-hydrogen) atoms. The molecule has 5 rings (SSSR count). The molecule has 0 aliphatic carbocycles. The summed E-state index contributed by atoms with van der Waals surface area (Å²) in [5.74, 6) is -7.26. The first kappa shape index (κ1) is 23.4. The van der Waals surface area contributed by atoms with E-state index in [2.05, 4.69) is 5.32 Å². The summed E-state index contributed by atoms with van der Waals surface area (Å²) in [6.07, 6.45) is 1.04. The van der Waals surface area contributed by atoms with Gasteiger partial charge in [-0.05, 0) is 24.6 Å². The molecular formula is C24H17F4N3O5. The number of rotatable bonds is 3. The molecule has 1 atom stereocenters. The van der Waals surface area contributed by atoms with E-state index in [9.17, 15) is 37.1 Å². The van der Waals surface area contributed by atoms with E-state index >= 15 is 0 Å². The molecule has 8 nitrogen and oxygen atoms in total. The molecule has 12 heteroatoms. The van der Waals surface area contributed by atoms with Crippen LogP contribution in [0.25, 0.3) is 0 Å². The predicted octanol–water partition coefficient (Wildman–Crippen LogP) is 2.94. The monoisotopic (exact) mass is 503 g/mol. The highest BCUT2D eigenvalue weighted by atomic mass is 19.2. The van der Waals surface area contributed by atoms with Crippen LogP contribution in [0.5, 0.6) is 11.5 Å². The second-order valence-corrected chi connectivity index (χ2v) is 8.48. The molecule has 2 aliphatic heterocycles. The lowest BCUT2D eigenvalue weighted by molar-refractivity contribution is 0.0926. The van der Waals surface area contributed by atoms with Gasteiger partial charge in [0, 0.05) is 30.4 Å². The van der Waals surface area contributed by atoms with Crippen LogP contribution in [-0.4, -0.2) is 34.6 Å². The number of aryl methyl sites for hydroxylation is 1. The van der Waals surface area contributed by atoms with Gasteiger partial charge in [0.2, 0.25) is 5.43 Å². The number of aromatic nitrogens is 1. The Bertz CT molecular complexity index is 1500. The summed E-state index contributed by atoms with van der Waals surface area (Å²) in [5.41, 5.74) is -2.40. The van der Waals surface area contributed by atoms with Gasteiger partial charge >= 0.3 is 0 Å². The van der Waals surface area contributed by atoms with Crippen molar-refractivity contribution in [2.24, 2.45) is 0 Å². The lowest BCUT2D eigenvalue weighted by Crippen LogP contribution is -2.45. The summed E-state index contributed by atoms with van der Waals surface area (Å²) in [5, 5.41) is 12.8. The van der Waals surface area contributed by atoms with Crippen LogP contribution in [0.4, 0.5) is 23.2 Å². The summed E-state index contributed by atoms with van der Waals surface area (Å²) < 4.78 is 62.6. The van der Waals surface area contributed by atoms with Crippen LogP contribution >= 0.6 is 0 Å². The standard InChI is InChI=1S/C24H17F4N3O5/c1-10-2-14(25)12(15(26)3-10)6-29-23(34)13-8-30-11-7-31(24(35)20(30)22(33)21(13)32)18-4-16(27)17(28)5-19(18)36-9-11/h2-5,8,11,33H,6-7,9H2,1H3,(H,29,34)/t11-/m1/s1. The first-order valence-corrected chi connectivity index (χ1v) is 10.7. The molecule has 0 radical (unpaired) electrons. The van der Waals surface area contributed by atoms with Crippen molar-refractivity contribution in [3.63, 3.8) is 0 Å². The number of amides is 2. The highest BCUT2D eigenvalue weighted by molar-refractivity contribution is 6.09. The number of ether oxygens (including phenoxy) is 1. The van der Waals surface area contributed by atoms with Gasteiger partial charge in [0.25, 0.3) is 11.8 Å². The normalized spacial score (nSPS) is 16.1. The predicted molar refractivity (Wildman–Crippen MR) is 117 cm³/mol. The van der Waals surface area contributed by atoms with Gasteiger partial charge in [-0.3, -0.25) is 14.4 Å². The van der Waals surface area contributed by atoms with E-state index in [0.29, 0.717) is 5.56 Å². The van der Waals surface area contributed by atoms with Gasteiger partial charge in [0.05, 0.1) is 18.3 Å². The number of fused-ring (bicyclic) bond motifs is 6.